The molecule has 5 nitrogen and oxygen atoms in total. The molecular weight excluding hydrogens is 412 g/mol. The Kier molecular flexibility index (Phi) is 7.90. The fraction of sp³-hybridized carbons (Fsp3) is 0.280. The maximum absolute atomic E-state index is 12.5. The number of carbonyl (C=O) groups is 1. The lowest BCUT2D eigenvalue weighted by Crippen LogP contribution is -2.24. The zero-order valence-electron chi connectivity index (χ0n) is 18.1. The normalized spacial score (nSPS) is 11.4. The van der Waals surface area contributed by atoms with Crippen molar-refractivity contribution in [3.63, 3.8) is 0 Å². The first-order valence-electron chi connectivity index (χ1n) is 10.4. The summed E-state index contributed by atoms with van der Waals surface area (Å²) in [5.41, 5.74) is 4.55. The van der Waals surface area contributed by atoms with Gasteiger partial charge in [0.2, 0.25) is 0 Å². The molecule has 1 N–H and O–H groups in total. The molecule has 2 aromatic carbocycles. The molecule has 1 heterocycles. The number of hydrogen-bond acceptors (Lipinski definition) is 4. The number of benzene rings is 2. The van der Waals surface area contributed by atoms with E-state index in [1.165, 1.54) is 11.1 Å². The molecule has 0 aliphatic heterocycles. The predicted octanol–water partition coefficient (Wildman–Crippen LogP) is 6.32. The summed E-state index contributed by atoms with van der Waals surface area (Å²) >= 11 is 6.21. The molecule has 3 aromatic rings. The first-order chi connectivity index (χ1) is 15.0. The highest BCUT2D eigenvalue weighted by Crippen LogP contribution is 2.26. The van der Waals surface area contributed by atoms with E-state index >= 15 is 0 Å². The summed E-state index contributed by atoms with van der Waals surface area (Å²) in [5, 5.41) is 7.56. The number of ether oxygens (including phenoxy) is 1. The van der Waals surface area contributed by atoms with Crippen LogP contribution in [0.5, 0.6) is 5.75 Å². The molecule has 0 saturated heterocycles. The van der Waals surface area contributed by atoms with Crippen LogP contribution in [-0.4, -0.2) is 24.7 Å². The van der Waals surface area contributed by atoms with Crippen molar-refractivity contribution >= 4 is 23.1 Å². The van der Waals surface area contributed by atoms with Crippen molar-refractivity contribution in [3.8, 4) is 17.1 Å². The molecule has 1 amide bonds. The van der Waals surface area contributed by atoms with E-state index in [2.05, 4.69) is 30.4 Å². The Morgan fingerprint density at radius 3 is 2.68 bits per heavy atom. The monoisotopic (exact) mass is 438 g/mol. The van der Waals surface area contributed by atoms with E-state index in [0.717, 1.165) is 29.7 Å². The SMILES string of the molecule is CCCC=C(CCNC(=O)c1cc(-c2ccc(OC)cc2)on1)c1cc(Cl)ccc1C. The number of amides is 1. The van der Waals surface area contributed by atoms with Crippen LogP contribution >= 0.6 is 11.6 Å². The van der Waals surface area contributed by atoms with E-state index in [-0.39, 0.29) is 11.6 Å². The number of allylic oxidation sites excluding steroid dienone is 1. The van der Waals surface area contributed by atoms with Crippen molar-refractivity contribution < 1.29 is 14.1 Å². The van der Waals surface area contributed by atoms with Crippen LogP contribution in [0.3, 0.4) is 0 Å². The third kappa shape index (κ3) is 5.98. The van der Waals surface area contributed by atoms with Gasteiger partial charge in [0, 0.05) is 23.2 Å². The highest BCUT2D eigenvalue weighted by atomic mass is 35.5. The van der Waals surface area contributed by atoms with E-state index in [4.69, 9.17) is 20.9 Å². The lowest BCUT2D eigenvalue weighted by atomic mass is 9.96. The average molecular weight is 439 g/mol. The molecule has 0 saturated carbocycles. The summed E-state index contributed by atoms with van der Waals surface area (Å²) in [4.78, 5) is 12.5. The fourth-order valence-corrected chi connectivity index (χ4v) is 3.45. The number of aromatic nitrogens is 1. The summed E-state index contributed by atoms with van der Waals surface area (Å²) in [6.45, 7) is 4.71. The second kappa shape index (κ2) is 10.8. The minimum atomic E-state index is -0.263. The molecule has 0 unspecified atom stereocenters. The van der Waals surface area contributed by atoms with Gasteiger partial charge in [-0.25, -0.2) is 0 Å². The number of rotatable bonds is 9. The summed E-state index contributed by atoms with van der Waals surface area (Å²) in [5.74, 6) is 1.02. The third-order valence-electron chi connectivity index (χ3n) is 5.02. The Balaban J connectivity index is 1.64. The van der Waals surface area contributed by atoms with Gasteiger partial charge in [0.15, 0.2) is 11.5 Å². The molecule has 0 spiro atoms. The predicted molar refractivity (Wildman–Crippen MR) is 125 cm³/mol. The van der Waals surface area contributed by atoms with Crippen LogP contribution in [0.15, 0.2) is 59.1 Å². The second-order valence-corrected chi connectivity index (χ2v) is 7.72. The standard InChI is InChI=1S/C25H27ClN2O3/c1-4-5-6-18(22-15-20(26)10-7-17(22)2)13-14-27-25(29)23-16-24(31-28-23)19-8-11-21(30-3)12-9-19/h6-12,15-16H,4-5,13-14H2,1-3H3,(H,27,29). The van der Waals surface area contributed by atoms with Crippen LogP contribution in [0.4, 0.5) is 0 Å². The molecular formula is C25H27ClN2O3. The van der Waals surface area contributed by atoms with Gasteiger partial charge in [0.1, 0.15) is 5.75 Å². The van der Waals surface area contributed by atoms with Crippen LogP contribution in [0.2, 0.25) is 5.02 Å². The molecule has 0 fully saturated rings. The summed E-state index contributed by atoms with van der Waals surface area (Å²) in [6.07, 6.45) is 4.96. The molecule has 0 aliphatic carbocycles. The molecule has 0 bridgehead atoms. The van der Waals surface area contributed by atoms with Crippen molar-refractivity contribution in [2.45, 2.75) is 33.1 Å². The highest BCUT2D eigenvalue weighted by molar-refractivity contribution is 6.30. The third-order valence-corrected chi connectivity index (χ3v) is 5.26. The fourth-order valence-electron chi connectivity index (χ4n) is 3.28. The number of methoxy groups -OCH3 is 1. The van der Waals surface area contributed by atoms with Crippen molar-refractivity contribution in [1.29, 1.82) is 0 Å². The largest absolute Gasteiger partial charge is 0.497 e. The van der Waals surface area contributed by atoms with Crippen molar-refractivity contribution in [1.82, 2.24) is 10.5 Å². The van der Waals surface area contributed by atoms with Crippen LogP contribution in [0.1, 0.15) is 47.8 Å². The minimum absolute atomic E-state index is 0.254. The zero-order chi connectivity index (χ0) is 22.2. The van der Waals surface area contributed by atoms with E-state index in [1.54, 1.807) is 13.2 Å². The van der Waals surface area contributed by atoms with Crippen molar-refractivity contribution in [3.05, 3.63) is 76.5 Å². The van der Waals surface area contributed by atoms with Gasteiger partial charge >= 0.3 is 0 Å². The molecule has 1 aromatic heterocycles. The van der Waals surface area contributed by atoms with Gasteiger partial charge in [-0.05, 0) is 72.9 Å². The lowest BCUT2D eigenvalue weighted by molar-refractivity contribution is 0.0945. The minimum Gasteiger partial charge on any atom is -0.497 e. The maximum Gasteiger partial charge on any atom is 0.273 e. The summed E-state index contributed by atoms with van der Waals surface area (Å²) in [6, 6.07) is 14.9. The average Bonchev–Trinajstić information content (AvgIpc) is 3.28. The molecule has 0 aliphatic rings. The number of halogens is 1. The lowest BCUT2D eigenvalue weighted by Gasteiger charge is -2.12. The Bertz CT molecular complexity index is 1050. The molecule has 0 atom stereocenters. The van der Waals surface area contributed by atoms with Crippen LogP contribution < -0.4 is 10.1 Å². The quantitative estimate of drug-likeness (QED) is 0.424. The summed E-state index contributed by atoms with van der Waals surface area (Å²) in [7, 11) is 1.61. The first-order valence-corrected chi connectivity index (χ1v) is 10.7. The smallest absolute Gasteiger partial charge is 0.273 e. The van der Waals surface area contributed by atoms with E-state index < -0.39 is 0 Å². The van der Waals surface area contributed by atoms with Crippen LogP contribution in [0, 0.1) is 6.92 Å². The van der Waals surface area contributed by atoms with Crippen molar-refractivity contribution in [2.24, 2.45) is 0 Å². The zero-order valence-corrected chi connectivity index (χ0v) is 18.8. The van der Waals surface area contributed by atoms with Gasteiger partial charge in [-0.1, -0.05) is 42.2 Å². The Morgan fingerprint density at radius 1 is 1.19 bits per heavy atom. The Morgan fingerprint density at radius 2 is 1.97 bits per heavy atom. The first kappa shape index (κ1) is 22.6. The van der Waals surface area contributed by atoms with E-state index in [0.29, 0.717) is 23.7 Å². The number of aryl methyl sites for hydroxylation is 1. The second-order valence-electron chi connectivity index (χ2n) is 7.29. The highest BCUT2D eigenvalue weighted by Gasteiger charge is 2.14. The van der Waals surface area contributed by atoms with Crippen LogP contribution in [-0.2, 0) is 0 Å². The van der Waals surface area contributed by atoms with Gasteiger partial charge in [0.25, 0.3) is 5.91 Å². The van der Waals surface area contributed by atoms with Crippen molar-refractivity contribution in [2.75, 3.05) is 13.7 Å². The molecule has 3 rings (SSSR count). The van der Waals surface area contributed by atoms with Gasteiger partial charge in [-0.2, -0.15) is 0 Å². The Labute approximate surface area is 188 Å². The van der Waals surface area contributed by atoms with Gasteiger partial charge in [-0.3, -0.25) is 4.79 Å². The maximum atomic E-state index is 12.5. The number of hydrogen-bond donors (Lipinski definition) is 1. The molecule has 6 heteroatoms. The van der Waals surface area contributed by atoms with E-state index in [1.807, 2.05) is 42.5 Å². The number of unbranched alkanes of at least 4 members (excludes halogenated alkanes) is 1. The van der Waals surface area contributed by atoms with Gasteiger partial charge in [0.05, 0.1) is 7.11 Å². The van der Waals surface area contributed by atoms with E-state index in [9.17, 15) is 4.79 Å². The molecule has 31 heavy (non-hydrogen) atoms. The summed E-state index contributed by atoms with van der Waals surface area (Å²) < 4.78 is 10.5. The van der Waals surface area contributed by atoms with Crippen LogP contribution in [0.25, 0.3) is 16.9 Å². The molecule has 0 radical (unpaired) electrons. The number of nitrogens with one attached hydrogen (secondary N) is 1. The number of nitrogens with zero attached hydrogens (tertiary/aromatic N) is 1. The molecule has 162 valence electrons. The Hall–Kier alpha value is -3.05. The van der Waals surface area contributed by atoms with Gasteiger partial charge < -0.3 is 14.6 Å². The van der Waals surface area contributed by atoms with Gasteiger partial charge in [-0.15, -0.1) is 0 Å². The number of carbonyl (C=O) groups excluding carboxylic acids is 1. The topological polar surface area (TPSA) is 64.4 Å².